The minimum Gasteiger partial charge on any atom is -0.392 e. The van der Waals surface area contributed by atoms with Crippen molar-refractivity contribution >= 4 is 5.91 Å². The topological polar surface area (TPSA) is 61.8 Å². The van der Waals surface area contributed by atoms with Crippen LogP contribution in [-0.2, 0) is 16.0 Å². The van der Waals surface area contributed by atoms with Gasteiger partial charge in [0.2, 0.25) is 5.91 Å². The van der Waals surface area contributed by atoms with Crippen LogP contribution < -0.4 is 5.32 Å². The van der Waals surface area contributed by atoms with Crippen molar-refractivity contribution in [2.45, 2.75) is 37.9 Å². The van der Waals surface area contributed by atoms with Crippen molar-refractivity contribution in [3.05, 3.63) is 35.6 Å². The lowest BCUT2D eigenvalue weighted by Gasteiger charge is -2.56. The third kappa shape index (κ3) is 4.02. The van der Waals surface area contributed by atoms with Crippen LogP contribution in [0.15, 0.2) is 24.3 Å². The lowest BCUT2D eigenvalue weighted by Crippen LogP contribution is -2.62. The number of aliphatic hydroxyl groups is 1. The number of halogens is 1. The molecule has 0 radical (unpaired) electrons. The minimum absolute atomic E-state index is 0.00973. The van der Waals surface area contributed by atoms with E-state index < -0.39 is 0 Å². The number of methoxy groups -OCH3 is 1. The number of nitrogens with one attached hydrogen (secondary N) is 1. The molecule has 138 valence electrons. The molecule has 0 aromatic heterocycles. The number of ether oxygens (including phenoxy) is 1. The Labute approximate surface area is 148 Å². The molecular formula is C19H27FN2O3. The lowest BCUT2D eigenvalue weighted by molar-refractivity contribution is -0.201. The fourth-order valence-electron chi connectivity index (χ4n) is 4.10. The van der Waals surface area contributed by atoms with E-state index in [1.54, 1.807) is 19.2 Å². The predicted molar refractivity (Wildman–Crippen MR) is 92.6 cm³/mol. The molecule has 1 aromatic carbocycles. The zero-order chi connectivity index (χ0) is 17.9. The van der Waals surface area contributed by atoms with Gasteiger partial charge in [-0.25, -0.2) is 4.39 Å². The van der Waals surface area contributed by atoms with E-state index in [1.165, 1.54) is 12.1 Å². The quantitative estimate of drug-likeness (QED) is 0.813. The molecule has 1 aliphatic heterocycles. The van der Waals surface area contributed by atoms with Gasteiger partial charge in [0.15, 0.2) is 0 Å². The van der Waals surface area contributed by atoms with Gasteiger partial charge in [0.05, 0.1) is 18.8 Å². The number of hydrogen-bond donors (Lipinski definition) is 2. The summed E-state index contributed by atoms with van der Waals surface area (Å²) < 4.78 is 18.3. The van der Waals surface area contributed by atoms with Gasteiger partial charge in [0.1, 0.15) is 5.82 Å². The van der Waals surface area contributed by atoms with E-state index in [1.807, 2.05) is 0 Å². The summed E-state index contributed by atoms with van der Waals surface area (Å²) in [6.45, 7) is 2.55. The number of likely N-dealkylation sites (tertiary alicyclic amines) is 1. The van der Waals surface area contributed by atoms with Crippen molar-refractivity contribution in [1.29, 1.82) is 0 Å². The highest BCUT2D eigenvalue weighted by atomic mass is 19.1. The summed E-state index contributed by atoms with van der Waals surface area (Å²) in [6.07, 6.45) is 3.03. The second-order valence-corrected chi connectivity index (χ2v) is 7.21. The molecule has 25 heavy (non-hydrogen) atoms. The first-order valence-corrected chi connectivity index (χ1v) is 8.98. The van der Waals surface area contributed by atoms with Crippen molar-refractivity contribution in [3.8, 4) is 0 Å². The van der Waals surface area contributed by atoms with Gasteiger partial charge in [0, 0.05) is 25.5 Å². The van der Waals surface area contributed by atoms with Crippen LogP contribution in [0.5, 0.6) is 0 Å². The second kappa shape index (κ2) is 7.81. The number of hydrogen-bond acceptors (Lipinski definition) is 4. The van der Waals surface area contributed by atoms with Crippen LogP contribution in [0, 0.1) is 11.2 Å². The van der Waals surface area contributed by atoms with Crippen molar-refractivity contribution in [2.75, 3.05) is 33.3 Å². The first kappa shape index (κ1) is 18.3. The molecule has 1 spiro atoms. The molecule has 2 N–H and O–H groups in total. The van der Waals surface area contributed by atoms with Crippen molar-refractivity contribution < 1.29 is 19.0 Å². The molecular weight excluding hydrogens is 323 g/mol. The Hall–Kier alpha value is -1.50. The maximum atomic E-state index is 12.9. The monoisotopic (exact) mass is 350 g/mol. The summed E-state index contributed by atoms with van der Waals surface area (Å²) in [5.41, 5.74) is 0.899. The SMILES string of the molecule is CO[C@H]1C[C@@H](O)C12CCN(CC(=O)NCCc1ccc(F)cc1)CC2. The smallest absolute Gasteiger partial charge is 0.234 e. The van der Waals surface area contributed by atoms with E-state index in [2.05, 4.69) is 10.2 Å². The van der Waals surface area contributed by atoms with E-state index >= 15 is 0 Å². The molecule has 1 heterocycles. The van der Waals surface area contributed by atoms with Crippen LogP contribution >= 0.6 is 0 Å². The predicted octanol–water partition coefficient (Wildman–Crippen LogP) is 1.35. The molecule has 6 heteroatoms. The van der Waals surface area contributed by atoms with E-state index in [0.29, 0.717) is 19.5 Å². The Morgan fingerprint density at radius 3 is 2.64 bits per heavy atom. The number of carbonyl (C=O) groups excluding carboxylic acids is 1. The van der Waals surface area contributed by atoms with Gasteiger partial charge in [-0.15, -0.1) is 0 Å². The number of rotatable bonds is 6. The van der Waals surface area contributed by atoms with Gasteiger partial charge >= 0.3 is 0 Å². The Morgan fingerprint density at radius 2 is 2.04 bits per heavy atom. The molecule has 1 aromatic rings. The first-order chi connectivity index (χ1) is 12.0. The molecule has 2 fully saturated rings. The Morgan fingerprint density at radius 1 is 1.36 bits per heavy atom. The lowest BCUT2D eigenvalue weighted by atomic mass is 9.58. The third-order valence-electron chi connectivity index (χ3n) is 5.83. The van der Waals surface area contributed by atoms with Gasteiger partial charge < -0.3 is 15.2 Å². The van der Waals surface area contributed by atoms with Crippen LogP contribution in [0.3, 0.4) is 0 Å². The zero-order valence-electron chi connectivity index (χ0n) is 14.7. The van der Waals surface area contributed by atoms with Crippen LogP contribution in [0.2, 0.25) is 0 Å². The number of aliphatic hydroxyl groups excluding tert-OH is 1. The van der Waals surface area contributed by atoms with Gasteiger partial charge in [-0.1, -0.05) is 12.1 Å². The molecule has 5 nitrogen and oxygen atoms in total. The largest absolute Gasteiger partial charge is 0.392 e. The van der Waals surface area contributed by atoms with Crippen LogP contribution in [0.25, 0.3) is 0 Å². The summed E-state index contributed by atoms with van der Waals surface area (Å²) in [4.78, 5) is 14.2. The summed E-state index contributed by atoms with van der Waals surface area (Å²) >= 11 is 0. The number of amides is 1. The second-order valence-electron chi connectivity index (χ2n) is 7.21. The summed E-state index contributed by atoms with van der Waals surface area (Å²) in [7, 11) is 1.71. The maximum absolute atomic E-state index is 12.9. The summed E-state index contributed by atoms with van der Waals surface area (Å²) in [6, 6.07) is 6.34. The van der Waals surface area contributed by atoms with Gasteiger partial charge in [-0.3, -0.25) is 9.69 Å². The summed E-state index contributed by atoms with van der Waals surface area (Å²) in [5, 5.41) is 13.1. The molecule has 0 unspecified atom stereocenters. The average molecular weight is 350 g/mol. The molecule has 2 aliphatic rings. The van der Waals surface area contributed by atoms with Gasteiger partial charge in [-0.05, 0) is 50.0 Å². The van der Waals surface area contributed by atoms with Crippen molar-refractivity contribution in [1.82, 2.24) is 10.2 Å². The minimum atomic E-state index is -0.274. The molecule has 2 atom stereocenters. The number of piperidine rings is 1. The Kier molecular flexibility index (Phi) is 5.71. The van der Waals surface area contributed by atoms with Crippen molar-refractivity contribution in [2.24, 2.45) is 5.41 Å². The molecule has 3 rings (SSSR count). The fraction of sp³-hybridized carbons (Fsp3) is 0.632. The third-order valence-corrected chi connectivity index (χ3v) is 5.83. The molecule has 1 amide bonds. The van der Waals surface area contributed by atoms with E-state index in [0.717, 1.165) is 37.9 Å². The highest BCUT2D eigenvalue weighted by molar-refractivity contribution is 5.78. The van der Waals surface area contributed by atoms with Gasteiger partial charge in [0.25, 0.3) is 0 Å². The van der Waals surface area contributed by atoms with E-state index in [9.17, 15) is 14.3 Å². The molecule has 1 saturated heterocycles. The number of carbonyl (C=O) groups is 1. The Bertz CT molecular complexity index is 585. The molecule has 1 saturated carbocycles. The highest BCUT2D eigenvalue weighted by Gasteiger charge is 2.55. The standard InChI is InChI=1S/C19H27FN2O3/c1-25-17-12-16(23)19(17)7-10-22(11-8-19)13-18(24)21-9-6-14-2-4-15(20)5-3-14/h2-5,16-17,23H,6-13H2,1H3,(H,21,24)/t16-,17+/m1/s1. The van der Waals surface area contributed by atoms with Gasteiger partial charge in [-0.2, -0.15) is 0 Å². The van der Waals surface area contributed by atoms with Crippen LogP contribution in [-0.4, -0.2) is 61.4 Å². The normalized spacial score (nSPS) is 25.6. The van der Waals surface area contributed by atoms with E-state index in [-0.39, 0.29) is 29.3 Å². The summed E-state index contributed by atoms with van der Waals surface area (Å²) in [5.74, 6) is -0.238. The van der Waals surface area contributed by atoms with Crippen LogP contribution in [0.4, 0.5) is 4.39 Å². The number of benzene rings is 1. The zero-order valence-corrected chi connectivity index (χ0v) is 14.7. The highest BCUT2D eigenvalue weighted by Crippen LogP contribution is 2.50. The fourth-order valence-corrected chi connectivity index (χ4v) is 4.10. The molecule has 1 aliphatic carbocycles. The maximum Gasteiger partial charge on any atom is 0.234 e. The van der Waals surface area contributed by atoms with Crippen molar-refractivity contribution in [3.63, 3.8) is 0 Å². The van der Waals surface area contributed by atoms with Crippen LogP contribution in [0.1, 0.15) is 24.8 Å². The Balaban J connectivity index is 1.37. The average Bonchev–Trinajstić information content (AvgIpc) is 2.62. The number of nitrogens with zero attached hydrogens (tertiary/aromatic N) is 1. The molecule has 0 bridgehead atoms. The first-order valence-electron chi connectivity index (χ1n) is 8.98. The van der Waals surface area contributed by atoms with E-state index in [4.69, 9.17) is 4.74 Å².